The molecule has 0 bridgehead atoms. The molecule has 0 aliphatic carbocycles. The zero-order valence-electron chi connectivity index (χ0n) is 20.9. The fraction of sp³-hybridized carbons (Fsp3) is 0. The lowest BCUT2D eigenvalue weighted by molar-refractivity contribution is -0.432. The second-order valence-electron chi connectivity index (χ2n) is 8.25. The van der Waals surface area contributed by atoms with Gasteiger partial charge < -0.3 is 0 Å². The molecule has 0 aliphatic heterocycles. The van der Waals surface area contributed by atoms with Gasteiger partial charge in [-0.3, -0.25) is 9.11 Å². The summed E-state index contributed by atoms with van der Waals surface area (Å²) >= 11 is 1.50. The van der Waals surface area contributed by atoms with E-state index in [0.29, 0.717) is 43.2 Å². The molecule has 12 nitrogen and oxygen atoms in total. The molecule has 16 heteroatoms. The summed E-state index contributed by atoms with van der Waals surface area (Å²) in [5.41, 5.74) is 3.47. The maximum Gasteiger partial charge on any atom is 0.294 e. The predicted octanol–water partition coefficient (Wildman–Crippen LogP) is 6.04. The van der Waals surface area contributed by atoms with Crippen molar-refractivity contribution >= 4 is 55.5 Å². The summed E-state index contributed by atoms with van der Waals surface area (Å²) in [4.78, 5) is 0.510. The lowest BCUT2D eigenvalue weighted by Crippen LogP contribution is -2.01. The molecule has 0 aromatic heterocycles. The molecule has 0 saturated carbocycles. The number of hydrogen-bond acceptors (Lipinski definition) is 12. The minimum atomic E-state index is -4.47. The Hall–Kier alpha value is -3.10. The predicted molar refractivity (Wildman–Crippen MR) is 152 cm³/mol. The highest BCUT2D eigenvalue weighted by atomic mass is 32.2. The fourth-order valence-corrected chi connectivity index (χ4v) is 5.63. The third kappa shape index (κ3) is 8.04. The molecule has 0 atom stereocenters. The lowest BCUT2D eigenvalue weighted by Gasteiger charge is -2.19. The number of rotatable bonds is 12. The standard InChI is InChI=1S/C26H20O12S4/c27-35-37-39-21-9-1-17(2-10-21)25(19-5-13-23(14-6-19)41(29,30)31)26(18-3-11-22(12-4-18)40-38-36-28)20-7-15-24(16-8-20)42(32,33)34/h1-16,27-28H,(H,29,30,31)(H,32,33,34)/b26-25-. The fourth-order valence-electron chi connectivity index (χ4n) is 3.96. The minimum absolute atomic E-state index is 0.315. The van der Waals surface area contributed by atoms with Crippen LogP contribution in [0.2, 0.25) is 0 Å². The molecule has 4 aromatic rings. The Balaban J connectivity index is 2.00. The average Bonchev–Trinajstić information content (AvgIpc) is 2.98. The van der Waals surface area contributed by atoms with Crippen LogP contribution in [0.15, 0.2) is 117 Å². The van der Waals surface area contributed by atoms with Crippen molar-refractivity contribution in [3.05, 3.63) is 119 Å². The molecular formula is C26H20O12S4. The summed E-state index contributed by atoms with van der Waals surface area (Å²) in [6.45, 7) is 0. The molecule has 0 unspecified atom stereocenters. The van der Waals surface area contributed by atoms with Crippen molar-refractivity contribution < 1.29 is 55.2 Å². The molecule has 4 aromatic carbocycles. The van der Waals surface area contributed by atoms with Crippen LogP contribution in [0.25, 0.3) is 11.1 Å². The maximum atomic E-state index is 11.7. The van der Waals surface area contributed by atoms with Crippen molar-refractivity contribution in [3.8, 4) is 0 Å². The van der Waals surface area contributed by atoms with E-state index in [1.165, 1.54) is 48.5 Å². The van der Waals surface area contributed by atoms with Crippen molar-refractivity contribution in [2.24, 2.45) is 0 Å². The van der Waals surface area contributed by atoms with Gasteiger partial charge in [-0.05, 0) is 81.9 Å². The van der Waals surface area contributed by atoms with Gasteiger partial charge in [0, 0.05) is 9.79 Å². The molecule has 0 saturated heterocycles. The Morgan fingerprint density at radius 3 is 0.976 bits per heavy atom. The zero-order valence-corrected chi connectivity index (χ0v) is 24.2. The van der Waals surface area contributed by atoms with E-state index < -0.39 is 20.2 Å². The quantitative estimate of drug-likeness (QED) is 0.0456. The molecule has 42 heavy (non-hydrogen) atoms. The van der Waals surface area contributed by atoms with Crippen molar-refractivity contribution in [1.29, 1.82) is 0 Å². The lowest BCUT2D eigenvalue weighted by atomic mass is 9.86. The van der Waals surface area contributed by atoms with Crippen LogP contribution < -0.4 is 0 Å². The summed E-state index contributed by atoms with van der Waals surface area (Å²) in [7, 11) is -8.94. The normalized spacial score (nSPS) is 12.7. The van der Waals surface area contributed by atoms with Gasteiger partial charge in [0.15, 0.2) is 0 Å². The molecule has 4 rings (SSSR count). The molecule has 0 radical (unpaired) electrons. The van der Waals surface area contributed by atoms with Gasteiger partial charge in [-0.1, -0.05) is 58.6 Å². The molecular weight excluding hydrogens is 633 g/mol. The smallest absolute Gasteiger partial charge is 0.282 e. The first kappa shape index (κ1) is 31.8. The van der Waals surface area contributed by atoms with Gasteiger partial charge >= 0.3 is 0 Å². The zero-order chi connectivity index (χ0) is 30.3. The van der Waals surface area contributed by atoms with E-state index in [0.717, 1.165) is 24.1 Å². The van der Waals surface area contributed by atoms with E-state index in [4.69, 9.17) is 10.5 Å². The SMILES string of the molecule is O=S(=O)(O)c1ccc(/C(=C(/c2ccc(SOOO)cc2)c2ccc(S(=O)(=O)O)cc2)c2ccc(SOOO)cc2)cc1. The Bertz CT molecular complexity index is 1620. The third-order valence-electron chi connectivity index (χ3n) is 5.74. The molecule has 0 spiro atoms. The largest absolute Gasteiger partial charge is 0.294 e. The van der Waals surface area contributed by atoms with Crippen molar-refractivity contribution in [2.75, 3.05) is 0 Å². The van der Waals surface area contributed by atoms with Gasteiger partial charge in [0.05, 0.1) is 33.9 Å². The van der Waals surface area contributed by atoms with Crippen LogP contribution in [-0.2, 0) is 39.0 Å². The molecule has 0 amide bonds. The Labute approximate surface area is 248 Å². The molecule has 4 N–H and O–H groups in total. The molecule has 0 heterocycles. The van der Waals surface area contributed by atoms with E-state index >= 15 is 0 Å². The van der Waals surface area contributed by atoms with Gasteiger partial charge in [-0.15, -0.1) is 8.67 Å². The van der Waals surface area contributed by atoms with E-state index in [1.54, 1.807) is 48.5 Å². The van der Waals surface area contributed by atoms with Crippen LogP contribution in [0.4, 0.5) is 0 Å². The number of benzene rings is 4. The molecule has 0 fully saturated rings. The Kier molecular flexibility index (Phi) is 10.5. The summed E-state index contributed by atoms with van der Waals surface area (Å²) in [5, 5.41) is 24.2. The Morgan fingerprint density at radius 2 is 0.738 bits per heavy atom. The Morgan fingerprint density at radius 1 is 0.476 bits per heavy atom. The monoisotopic (exact) mass is 652 g/mol. The van der Waals surface area contributed by atoms with Crippen LogP contribution in [0.5, 0.6) is 0 Å². The van der Waals surface area contributed by atoms with Gasteiger partial charge in [0.1, 0.15) is 0 Å². The number of hydrogen-bond donors (Lipinski definition) is 4. The third-order valence-corrected chi connectivity index (χ3v) is 8.66. The first-order chi connectivity index (χ1) is 20.0. The van der Waals surface area contributed by atoms with E-state index in [1.807, 2.05) is 0 Å². The molecule has 220 valence electrons. The summed E-state index contributed by atoms with van der Waals surface area (Å²) in [6, 6.07) is 24.6. The van der Waals surface area contributed by atoms with Gasteiger partial charge in [0.25, 0.3) is 20.2 Å². The van der Waals surface area contributed by atoms with Crippen LogP contribution in [0.3, 0.4) is 0 Å². The van der Waals surface area contributed by atoms with Crippen molar-refractivity contribution in [3.63, 3.8) is 0 Å². The second kappa shape index (κ2) is 13.9. The van der Waals surface area contributed by atoms with Gasteiger partial charge in [0.2, 0.25) is 0 Å². The van der Waals surface area contributed by atoms with Crippen LogP contribution in [0, 0.1) is 0 Å². The van der Waals surface area contributed by atoms with Crippen LogP contribution in [-0.4, -0.2) is 36.5 Å². The second-order valence-corrected chi connectivity index (χ2v) is 12.6. The van der Waals surface area contributed by atoms with Gasteiger partial charge in [-0.25, -0.2) is 10.5 Å². The highest BCUT2D eigenvalue weighted by Crippen LogP contribution is 2.39. The van der Waals surface area contributed by atoms with Crippen molar-refractivity contribution in [1.82, 2.24) is 0 Å². The highest BCUT2D eigenvalue weighted by molar-refractivity contribution is 7.94. The minimum Gasteiger partial charge on any atom is -0.282 e. The highest BCUT2D eigenvalue weighted by Gasteiger charge is 2.19. The average molecular weight is 653 g/mol. The summed E-state index contributed by atoms with van der Waals surface area (Å²) < 4.78 is 74.8. The first-order valence-electron chi connectivity index (χ1n) is 11.4. The van der Waals surface area contributed by atoms with Gasteiger partial charge in [-0.2, -0.15) is 16.8 Å². The molecule has 0 aliphatic rings. The van der Waals surface area contributed by atoms with Crippen LogP contribution >= 0.6 is 24.1 Å². The van der Waals surface area contributed by atoms with E-state index in [2.05, 4.69) is 18.7 Å². The first-order valence-corrected chi connectivity index (χ1v) is 15.8. The van der Waals surface area contributed by atoms with E-state index in [9.17, 15) is 25.9 Å². The van der Waals surface area contributed by atoms with E-state index in [-0.39, 0.29) is 9.79 Å². The maximum absolute atomic E-state index is 11.7. The topological polar surface area (TPSA) is 186 Å². The van der Waals surface area contributed by atoms with Crippen LogP contribution in [0.1, 0.15) is 22.3 Å². The van der Waals surface area contributed by atoms with Crippen molar-refractivity contribution in [2.45, 2.75) is 19.6 Å². The summed E-state index contributed by atoms with van der Waals surface area (Å²) in [5.74, 6) is 0. The summed E-state index contributed by atoms with van der Waals surface area (Å²) in [6.07, 6.45) is 0.